The molecule has 0 aliphatic heterocycles. The highest BCUT2D eigenvalue weighted by molar-refractivity contribution is 5.78. The van der Waals surface area contributed by atoms with Gasteiger partial charge in [0.05, 0.1) is 12.0 Å². The van der Waals surface area contributed by atoms with Crippen molar-refractivity contribution >= 4 is 17.5 Å². The Morgan fingerprint density at radius 2 is 1.94 bits per heavy atom. The number of aryl methyl sites for hydroxylation is 1. The van der Waals surface area contributed by atoms with Crippen molar-refractivity contribution in [2.24, 2.45) is 5.92 Å². The smallest absolute Gasteiger partial charge is 0.383 e. The number of anilines is 2. The fourth-order valence-corrected chi connectivity index (χ4v) is 4.21. The van der Waals surface area contributed by atoms with E-state index in [1.807, 2.05) is 13.0 Å². The van der Waals surface area contributed by atoms with Crippen molar-refractivity contribution in [3.05, 3.63) is 59.9 Å². The van der Waals surface area contributed by atoms with E-state index in [9.17, 15) is 23.1 Å². The molecule has 8 nitrogen and oxygen atoms in total. The van der Waals surface area contributed by atoms with Gasteiger partial charge in [0.25, 0.3) is 0 Å². The molecule has 11 heteroatoms. The molecule has 0 unspecified atom stereocenters. The zero-order valence-corrected chi connectivity index (χ0v) is 18.7. The van der Waals surface area contributed by atoms with Crippen LogP contribution in [-0.2, 0) is 16.6 Å². The number of rotatable bonds is 5. The van der Waals surface area contributed by atoms with Crippen LogP contribution in [0.1, 0.15) is 42.6 Å². The maximum atomic E-state index is 13.0. The Morgan fingerprint density at radius 3 is 2.62 bits per heavy atom. The molecule has 1 aromatic carbocycles. The first-order chi connectivity index (χ1) is 16.1. The molecule has 180 valence electrons. The Bertz CT molecular complexity index is 1190. The van der Waals surface area contributed by atoms with Crippen molar-refractivity contribution in [3.63, 3.8) is 0 Å². The number of carbonyl (C=O) groups excluding carboxylic acids is 1. The summed E-state index contributed by atoms with van der Waals surface area (Å²) in [5.74, 6) is -0.298. The van der Waals surface area contributed by atoms with Crippen molar-refractivity contribution in [1.29, 1.82) is 0 Å². The van der Waals surface area contributed by atoms with Crippen LogP contribution in [0.4, 0.5) is 24.8 Å². The van der Waals surface area contributed by atoms with Gasteiger partial charge in [0, 0.05) is 36.7 Å². The lowest BCUT2D eigenvalue weighted by Gasteiger charge is -2.34. The second-order valence-corrected chi connectivity index (χ2v) is 8.53. The third-order valence-electron chi connectivity index (χ3n) is 6.05. The summed E-state index contributed by atoms with van der Waals surface area (Å²) in [6, 6.07) is 6.19. The number of nitrogens with one attached hydrogen (secondary N) is 2. The van der Waals surface area contributed by atoms with Crippen LogP contribution < -0.4 is 10.6 Å². The zero-order valence-electron chi connectivity index (χ0n) is 18.7. The summed E-state index contributed by atoms with van der Waals surface area (Å²) in [6.45, 7) is 1.85. The van der Waals surface area contributed by atoms with E-state index in [0.717, 1.165) is 17.8 Å². The van der Waals surface area contributed by atoms with Gasteiger partial charge in [-0.15, -0.1) is 0 Å². The summed E-state index contributed by atoms with van der Waals surface area (Å²) < 4.78 is 40.6. The average Bonchev–Trinajstić information content (AvgIpc) is 3.30. The van der Waals surface area contributed by atoms with Gasteiger partial charge in [0.15, 0.2) is 0 Å². The Kier molecular flexibility index (Phi) is 6.30. The third-order valence-corrected chi connectivity index (χ3v) is 6.05. The van der Waals surface area contributed by atoms with Crippen LogP contribution >= 0.6 is 0 Å². The number of amides is 1. The number of aliphatic hydroxyl groups is 1. The van der Waals surface area contributed by atoms with Gasteiger partial charge in [-0.25, -0.2) is 15.0 Å². The summed E-state index contributed by atoms with van der Waals surface area (Å²) in [5, 5.41) is 16.6. The lowest BCUT2D eigenvalue weighted by atomic mass is 9.77. The predicted octanol–water partition coefficient (Wildman–Crippen LogP) is 3.86. The summed E-state index contributed by atoms with van der Waals surface area (Å²) in [4.78, 5) is 23.7. The number of hydrogen-bond donors (Lipinski definition) is 3. The van der Waals surface area contributed by atoms with E-state index < -0.39 is 17.5 Å². The highest BCUT2D eigenvalue weighted by Crippen LogP contribution is 2.39. The van der Waals surface area contributed by atoms with Gasteiger partial charge in [0.2, 0.25) is 11.9 Å². The minimum absolute atomic E-state index is 0.0166. The van der Waals surface area contributed by atoms with Gasteiger partial charge in [-0.1, -0.05) is 0 Å². The molecule has 1 aliphatic rings. The highest BCUT2D eigenvalue weighted by Gasteiger charge is 2.38. The molecule has 1 saturated carbocycles. The topological polar surface area (TPSA) is 105 Å². The minimum atomic E-state index is -4.57. The number of nitrogens with zero attached hydrogens (tertiary/aromatic N) is 4. The molecule has 2 aromatic heterocycles. The summed E-state index contributed by atoms with van der Waals surface area (Å²) in [6.07, 6.45) is 1.79. The van der Waals surface area contributed by atoms with Gasteiger partial charge >= 0.3 is 6.18 Å². The number of alkyl halides is 3. The van der Waals surface area contributed by atoms with Crippen molar-refractivity contribution in [2.75, 3.05) is 12.4 Å². The molecular formula is C23H25F3N6O2. The van der Waals surface area contributed by atoms with Crippen LogP contribution in [-0.4, -0.2) is 37.6 Å². The molecule has 3 aromatic rings. The number of halogens is 3. The molecule has 2 heterocycles. The van der Waals surface area contributed by atoms with Gasteiger partial charge < -0.3 is 20.3 Å². The van der Waals surface area contributed by atoms with Crippen LogP contribution in [0.5, 0.6) is 0 Å². The second-order valence-electron chi connectivity index (χ2n) is 8.53. The van der Waals surface area contributed by atoms with E-state index in [2.05, 4.69) is 25.6 Å². The Labute approximate surface area is 194 Å². The first kappa shape index (κ1) is 23.7. The van der Waals surface area contributed by atoms with Gasteiger partial charge in [-0.2, -0.15) is 13.2 Å². The number of imidazole rings is 1. The maximum Gasteiger partial charge on any atom is 0.433 e. The molecule has 0 bridgehead atoms. The standard InChI is InChI=1S/C23H25F3N6O2/c1-14-9-16(30-21-28-8-5-18(31-21)23(24,25)26)11-17(10-14)32-12-19(29-13-32)22(34)6-3-15(4-7-22)20(33)27-2/h5,8-13,15,34H,3-4,6-7H2,1-2H3,(H,27,33)(H,28,30,31). The molecular weight excluding hydrogens is 449 g/mol. The van der Waals surface area contributed by atoms with E-state index in [-0.39, 0.29) is 17.8 Å². The van der Waals surface area contributed by atoms with E-state index in [1.54, 1.807) is 36.3 Å². The first-order valence-corrected chi connectivity index (χ1v) is 10.9. The molecule has 0 radical (unpaired) electrons. The van der Waals surface area contributed by atoms with Crippen LogP contribution in [0.2, 0.25) is 0 Å². The fraction of sp³-hybridized carbons (Fsp3) is 0.391. The van der Waals surface area contributed by atoms with Crippen molar-refractivity contribution in [2.45, 2.75) is 44.4 Å². The van der Waals surface area contributed by atoms with Crippen LogP contribution in [0.3, 0.4) is 0 Å². The quantitative estimate of drug-likeness (QED) is 0.519. The number of carbonyl (C=O) groups is 1. The molecule has 0 saturated heterocycles. The largest absolute Gasteiger partial charge is 0.433 e. The monoisotopic (exact) mass is 474 g/mol. The van der Waals surface area contributed by atoms with Gasteiger partial charge in [-0.3, -0.25) is 4.79 Å². The van der Waals surface area contributed by atoms with E-state index >= 15 is 0 Å². The van der Waals surface area contributed by atoms with Crippen LogP contribution in [0.25, 0.3) is 5.69 Å². The zero-order chi connectivity index (χ0) is 24.5. The normalized spacial score (nSPS) is 20.7. The Hall–Kier alpha value is -3.47. The van der Waals surface area contributed by atoms with Crippen molar-refractivity contribution < 1.29 is 23.1 Å². The predicted molar refractivity (Wildman–Crippen MR) is 119 cm³/mol. The minimum Gasteiger partial charge on any atom is -0.383 e. The number of aromatic nitrogens is 4. The Balaban J connectivity index is 1.54. The van der Waals surface area contributed by atoms with Crippen molar-refractivity contribution in [1.82, 2.24) is 24.8 Å². The average molecular weight is 474 g/mol. The molecule has 0 spiro atoms. The molecule has 3 N–H and O–H groups in total. The molecule has 1 fully saturated rings. The third kappa shape index (κ3) is 5.04. The lowest BCUT2D eigenvalue weighted by Crippen LogP contribution is -2.37. The molecule has 4 rings (SSSR count). The molecule has 1 amide bonds. The fourth-order valence-electron chi connectivity index (χ4n) is 4.21. The van der Waals surface area contributed by atoms with Gasteiger partial charge in [0.1, 0.15) is 11.3 Å². The summed E-state index contributed by atoms with van der Waals surface area (Å²) >= 11 is 0. The highest BCUT2D eigenvalue weighted by atomic mass is 19.4. The van der Waals surface area contributed by atoms with Crippen LogP contribution in [0.15, 0.2) is 43.0 Å². The Morgan fingerprint density at radius 1 is 1.21 bits per heavy atom. The summed E-state index contributed by atoms with van der Waals surface area (Å²) in [5.41, 5.74) is 0.431. The van der Waals surface area contributed by atoms with Crippen molar-refractivity contribution in [3.8, 4) is 5.69 Å². The second kappa shape index (κ2) is 9.05. The van der Waals surface area contributed by atoms with Gasteiger partial charge in [-0.05, 0) is 62.4 Å². The SMILES string of the molecule is CNC(=O)C1CCC(O)(c2cn(-c3cc(C)cc(Nc4nccc(C(F)(F)F)n4)c3)cn2)CC1. The summed E-state index contributed by atoms with van der Waals surface area (Å²) in [7, 11) is 1.61. The van der Waals surface area contributed by atoms with E-state index in [4.69, 9.17) is 0 Å². The number of benzene rings is 1. The van der Waals surface area contributed by atoms with E-state index in [0.29, 0.717) is 42.8 Å². The van der Waals surface area contributed by atoms with E-state index in [1.165, 1.54) is 0 Å². The lowest BCUT2D eigenvalue weighted by molar-refractivity contribution is -0.141. The molecule has 1 aliphatic carbocycles. The molecule has 34 heavy (non-hydrogen) atoms. The number of hydrogen-bond acceptors (Lipinski definition) is 6. The molecule has 0 atom stereocenters. The first-order valence-electron chi connectivity index (χ1n) is 10.9. The van der Waals surface area contributed by atoms with Crippen LogP contribution in [0, 0.1) is 12.8 Å². The maximum absolute atomic E-state index is 13.0.